The largest absolute Gasteiger partial charge is 0.350 e. The molecule has 1 amide bonds. The summed E-state index contributed by atoms with van der Waals surface area (Å²) in [5.41, 5.74) is 3.66. The summed E-state index contributed by atoms with van der Waals surface area (Å²) in [7, 11) is 0. The molecular weight excluding hydrogens is 286 g/mol. The van der Waals surface area contributed by atoms with E-state index in [1.54, 1.807) is 0 Å². The van der Waals surface area contributed by atoms with Crippen LogP contribution < -0.4 is 5.32 Å². The first-order chi connectivity index (χ1) is 10.5. The molecule has 23 heavy (non-hydrogen) atoms. The molecule has 0 fully saturated rings. The van der Waals surface area contributed by atoms with Gasteiger partial charge in [0.15, 0.2) is 5.69 Å². The number of hydrogen-bond acceptors (Lipinski definition) is 2. The molecule has 0 bridgehead atoms. The van der Waals surface area contributed by atoms with E-state index in [9.17, 15) is 4.79 Å². The highest BCUT2D eigenvalue weighted by Gasteiger charge is 2.26. The van der Waals surface area contributed by atoms with Crippen molar-refractivity contribution < 1.29 is 4.79 Å². The molecule has 2 rings (SSSR count). The number of rotatable bonds is 3. The molecule has 1 aromatic rings. The molecule has 4 nitrogen and oxygen atoms in total. The van der Waals surface area contributed by atoms with Gasteiger partial charge in [-0.15, -0.1) is 0 Å². The van der Waals surface area contributed by atoms with E-state index in [0.29, 0.717) is 12.2 Å². The molecule has 0 aromatic carbocycles. The molecule has 1 aliphatic rings. The van der Waals surface area contributed by atoms with Crippen LogP contribution in [0.4, 0.5) is 0 Å². The number of hydrogen-bond donors (Lipinski definition) is 1. The second-order valence-corrected chi connectivity index (χ2v) is 7.96. The van der Waals surface area contributed by atoms with Crippen LogP contribution in [0, 0.1) is 19.3 Å². The van der Waals surface area contributed by atoms with E-state index < -0.39 is 0 Å². The van der Waals surface area contributed by atoms with E-state index >= 15 is 0 Å². The van der Waals surface area contributed by atoms with Crippen LogP contribution in [0.25, 0.3) is 0 Å². The Morgan fingerprint density at radius 1 is 1.35 bits per heavy atom. The maximum absolute atomic E-state index is 12.6. The zero-order valence-corrected chi connectivity index (χ0v) is 15.4. The van der Waals surface area contributed by atoms with Gasteiger partial charge in [0.25, 0.3) is 5.91 Å². The van der Waals surface area contributed by atoms with Gasteiger partial charge in [-0.25, -0.2) is 0 Å². The molecule has 1 atom stereocenters. The van der Waals surface area contributed by atoms with Gasteiger partial charge in [0.1, 0.15) is 0 Å². The number of carbonyl (C=O) groups is 1. The number of nitrogens with zero attached hydrogens (tertiary/aromatic N) is 2. The molecule has 0 radical (unpaired) electrons. The zero-order valence-electron chi connectivity index (χ0n) is 15.4. The Bertz CT molecular complexity index is 674. The van der Waals surface area contributed by atoms with Crippen molar-refractivity contribution >= 4 is 5.91 Å². The summed E-state index contributed by atoms with van der Waals surface area (Å²) in [5, 5.41) is 7.62. The van der Waals surface area contributed by atoms with Crippen molar-refractivity contribution in [2.45, 2.75) is 60.4 Å². The topological polar surface area (TPSA) is 46.9 Å². The zero-order chi connectivity index (χ0) is 17.4. The molecule has 0 saturated carbocycles. The summed E-state index contributed by atoms with van der Waals surface area (Å²) < 4.78 is 1.94. The fraction of sp³-hybridized carbons (Fsp3) is 0.579. The lowest BCUT2D eigenvalue weighted by atomic mass is 9.82. The van der Waals surface area contributed by atoms with Crippen molar-refractivity contribution in [3.8, 4) is 0 Å². The molecule has 0 spiro atoms. The Morgan fingerprint density at radius 3 is 2.48 bits per heavy atom. The Balaban J connectivity index is 2.12. The van der Waals surface area contributed by atoms with Crippen molar-refractivity contribution in [1.29, 1.82) is 0 Å². The van der Waals surface area contributed by atoms with Crippen molar-refractivity contribution in [2.75, 3.05) is 6.54 Å². The number of allylic oxidation sites excluding steroid dienone is 3. The Morgan fingerprint density at radius 2 is 2.00 bits per heavy atom. The lowest BCUT2D eigenvalue weighted by Crippen LogP contribution is -2.35. The highest BCUT2D eigenvalue weighted by molar-refractivity contribution is 5.93. The van der Waals surface area contributed by atoms with Crippen LogP contribution in [-0.4, -0.2) is 22.2 Å². The van der Waals surface area contributed by atoms with Gasteiger partial charge in [0.2, 0.25) is 0 Å². The van der Waals surface area contributed by atoms with Gasteiger partial charge < -0.3 is 5.32 Å². The van der Waals surface area contributed by atoms with Crippen molar-refractivity contribution in [2.24, 2.45) is 5.41 Å². The van der Waals surface area contributed by atoms with Gasteiger partial charge >= 0.3 is 0 Å². The van der Waals surface area contributed by atoms with Crippen molar-refractivity contribution in [3.63, 3.8) is 0 Å². The maximum atomic E-state index is 12.6. The van der Waals surface area contributed by atoms with Gasteiger partial charge in [-0.1, -0.05) is 30.7 Å². The minimum absolute atomic E-state index is 0.0231. The number of nitrogens with one attached hydrogen (secondary N) is 1. The number of carbonyl (C=O) groups excluding carboxylic acids is 1. The fourth-order valence-electron chi connectivity index (χ4n) is 2.81. The average Bonchev–Trinajstić information content (AvgIpc) is 2.76. The van der Waals surface area contributed by atoms with Crippen LogP contribution in [0.3, 0.4) is 0 Å². The third-order valence-electron chi connectivity index (χ3n) is 4.56. The SMILES string of the molecule is CC1=CCC(C)(CNC(=O)c2nn(C(C)(C)C)c(C)c2C)C=C1. The van der Waals surface area contributed by atoms with E-state index in [1.165, 1.54) is 5.57 Å². The third kappa shape index (κ3) is 3.74. The quantitative estimate of drug-likeness (QED) is 0.919. The standard InChI is InChI=1S/C19H29N3O/c1-13-8-10-19(7,11-9-13)12-20-17(23)16-14(2)15(3)22(21-16)18(4,5)6/h8-10H,11-12H2,1-7H3,(H,20,23). The number of aromatic nitrogens is 2. The molecule has 0 aliphatic heterocycles. The minimum Gasteiger partial charge on any atom is -0.350 e. The van der Waals surface area contributed by atoms with E-state index in [1.807, 2.05) is 18.5 Å². The van der Waals surface area contributed by atoms with Crippen LogP contribution in [-0.2, 0) is 5.54 Å². The van der Waals surface area contributed by atoms with Crippen LogP contribution in [0.15, 0.2) is 23.8 Å². The van der Waals surface area contributed by atoms with Gasteiger partial charge in [0.05, 0.1) is 5.54 Å². The predicted octanol–water partition coefficient (Wildman–Crippen LogP) is 3.90. The van der Waals surface area contributed by atoms with E-state index in [4.69, 9.17) is 0 Å². The highest BCUT2D eigenvalue weighted by Crippen LogP contribution is 2.28. The lowest BCUT2D eigenvalue weighted by molar-refractivity contribution is 0.0934. The Hall–Kier alpha value is -1.84. The van der Waals surface area contributed by atoms with Crippen LogP contribution in [0.2, 0.25) is 0 Å². The second kappa shape index (κ2) is 5.99. The Kier molecular flexibility index (Phi) is 4.56. The van der Waals surface area contributed by atoms with E-state index in [-0.39, 0.29) is 16.9 Å². The minimum atomic E-state index is -0.131. The first kappa shape index (κ1) is 17.5. The first-order valence-electron chi connectivity index (χ1n) is 8.24. The van der Waals surface area contributed by atoms with Crippen LogP contribution in [0.5, 0.6) is 0 Å². The first-order valence-corrected chi connectivity index (χ1v) is 8.24. The summed E-state index contributed by atoms with van der Waals surface area (Å²) in [4.78, 5) is 12.6. The fourth-order valence-corrected chi connectivity index (χ4v) is 2.81. The van der Waals surface area contributed by atoms with Gasteiger partial charge in [-0.2, -0.15) is 5.10 Å². The lowest BCUT2D eigenvalue weighted by Gasteiger charge is -2.27. The van der Waals surface area contributed by atoms with Gasteiger partial charge in [-0.3, -0.25) is 9.48 Å². The summed E-state index contributed by atoms with van der Waals surface area (Å²) in [6, 6.07) is 0. The van der Waals surface area contributed by atoms with Crippen molar-refractivity contribution in [3.05, 3.63) is 40.8 Å². The molecule has 1 unspecified atom stereocenters. The molecule has 0 saturated heterocycles. The van der Waals surface area contributed by atoms with E-state index in [0.717, 1.165) is 17.7 Å². The second-order valence-electron chi connectivity index (χ2n) is 7.96. The van der Waals surface area contributed by atoms with Gasteiger partial charge in [0, 0.05) is 23.2 Å². The van der Waals surface area contributed by atoms with Crippen LogP contribution in [0.1, 0.15) is 62.8 Å². The van der Waals surface area contributed by atoms with Crippen LogP contribution >= 0.6 is 0 Å². The smallest absolute Gasteiger partial charge is 0.272 e. The monoisotopic (exact) mass is 315 g/mol. The van der Waals surface area contributed by atoms with Gasteiger partial charge in [-0.05, 0) is 48.0 Å². The molecule has 1 aromatic heterocycles. The van der Waals surface area contributed by atoms with E-state index in [2.05, 4.69) is 63.3 Å². The summed E-state index contributed by atoms with van der Waals surface area (Å²) in [5.74, 6) is -0.0884. The molecule has 4 heteroatoms. The van der Waals surface area contributed by atoms with Crippen molar-refractivity contribution in [1.82, 2.24) is 15.1 Å². The summed E-state index contributed by atoms with van der Waals surface area (Å²) in [6.45, 7) is 15.1. The highest BCUT2D eigenvalue weighted by atomic mass is 16.2. The summed E-state index contributed by atoms with van der Waals surface area (Å²) in [6.07, 6.45) is 7.48. The molecular formula is C19H29N3O. The number of amides is 1. The summed E-state index contributed by atoms with van der Waals surface area (Å²) >= 11 is 0. The molecule has 1 heterocycles. The predicted molar refractivity (Wildman–Crippen MR) is 94.7 cm³/mol. The third-order valence-corrected chi connectivity index (χ3v) is 4.56. The normalized spacial score (nSPS) is 21.3. The maximum Gasteiger partial charge on any atom is 0.272 e. The molecule has 126 valence electrons. The molecule has 1 N–H and O–H groups in total. The molecule has 1 aliphatic carbocycles. The average molecular weight is 315 g/mol. The Labute approximate surface area is 139 Å².